The molecule has 0 saturated heterocycles. The number of nitrogens with one attached hydrogen (secondary N) is 1. The number of alkyl halides is 2. The molecule has 108 valence electrons. The number of rotatable bonds is 8. The molecule has 1 rings (SSSR count). The number of benzene rings is 1. The normalized spacial score (nSPS) is 11.9. The zero-order chi connectivity index (χ0) is 14.3. The van der Waals surface area contributed by atoms with Crippen molar-refractivity contribution in [1.82, 2.24) is 4.72 Å². The molecule has 0 unspecified atom stereocenters. The van der Waals surface area contributed by atoms with E-state index in [9.17, 15) is 17.2 Å². The summed E-state index contributed by atoms with van der Waals surface area (Å²) in [6, 6.07) is 6.44. The molecule has 0 atom stereocenters. The molecular weight excluding hydrogens is 278 g/mol. The monoisotopic (exact) mass is 294 g/mol. The van der Waals surface area contributed by atoms with Crippen LogP contribution < -0.4 is 10.5 Å². The van der Waals surface area contributed by atoms with E-state index in [2.05, 4.69) is 9.46 Å². The summed E-state index contributed by atoms with van der Waals surface area (Å²) in [5.74, 6) is -0.192. The smallest absolute Gasteiger partial charge is 0.261 e. The van der Waals surface area contributed by atoms with Gasteiger partial charge in [-0.15, -0.1) is 0 Å². The molecule has 0 spiro atoms. The van der Waals surface area contributed by atoms with Crippen molar-refractivity contribution in [3.05, 3.63) is 29.8 Å². The van der Waals surface area contributed by atoms with Gasteiger partial charge in [-0.2, -0.15) is 0 Å². The van der Waals surface area contributed by atoms with E-state index in [1.54, 1.807) is 24.3 Å². The third-order valence-electron chi connectivity index (χ3n) is 2.15. The summed E-state index contributed by atoms with van der Waals surface area (Å²) in [6.07, 6.45) is -2.55. The van der Waals surface area contributed by atoms with Gasteiger partial charge in [-0.05, 0) is 17.7 Å². The van der Waals surface area contributed by atoms with E-state index >= 15 is 0 Å². The van der Waals surface area contributed by atoms with E-state index in [0.29, 0.717) is 11.3 Å². The van der Waals surface area contributed by atoms with E-state index in [-0.39, 0.29) is 18.9 Å². The molecule has 3 N–H and O–H groups in total. The van der Waals surface area contributed by atoms with Crippen LogP contribution in [0.15, 0.2) is 24.3 Å². The van der Waals surface area contributed by atoms with Gasteiger partial charge in [0.15, 0.2) is 0 Å². The van der Waals surface area contributed by atoms with Crippen LogP contribution in [0, 0.1) is 0 Å². The Bertz CT molecular complexity index is 477. The fourth-order valence-electron chi connectivity index (χ4n) is 1.33. The lowest BCUT2D eigenvalue weighted by Crippen LogP contribution is -2.29. The van der Waals surface area contributed by atoms with Crippen LogP contribution in [0.2, 0.25) is 0 Å². The molecule has 8 heteroatoms. The third-order valence-corrected chi connectivity index (χ3v) is 3.51. The van der Waals surface area contributed by atoms with Crippen LogP contribution >= 0.6 is 0 Å². The molecule has 1 aromatic carbocycles. The van der Waals surface area contributed by atoms with E-state index in [0.717, 1.165) is 0 Å². The van der Waals surface area contributed by atoms with Gasteiger partial charge in [0.2, 0.25) is 10.0 Å². The number of anilines is 1. The van der Waals surface area contributed by atoms with Crippen molar-refractivity contribution in [3.63, 3.8) is 0 Å². The number of hydrogen-bond donors (Lipinski definition) is 2. The van der Waals surface area contributed by atoms with Crippen LogP contribution in [-0.4, -0.2) is 34.6 Å². The molecule has 0 saturated carbocycles. The molecule has 0 radical (unpaired) electrons. The molecule has 0 amide bonds. The molecule has 0 aromatic heterocycles. The zero-order valence-corrected chi connectivity index (χ0v) is 11.0. The highest BCUT2D eigenvalue weighted by Gasteiger charge is 2.11. The zero-order valence-electron chi connectivity index (χ0n) is 10.2. The Balaban J connectivity index is 2.34. The Hall–Kier alpha value is -1.25. The van der Waals surface area contributed by atoms with Gasteiger partial charge in [0, 0.05) is 12.2 Å². The summed E-state index contributed by atoms with van der Waals surface area (Å²) in [7, 11) is -3.51. The predicted molar refractivity (Wildman–Crippen MR) is 68.3 cm³/mol. The highest BCUT2D eigenvalue weighted by atomic mass is 32.2. The maximum atomic E-state index is 11.7. The first-order valence-corrected chi connectivity index (χ1v) is 7.22. The molecule has 0 aliphatic heterocycles. The lowest BCUT2D eigenvalue weighted by molar-refractivity contribution is 0.0199. The van der Waals surface area contributed by atoms with Gasteiger partial charge in [-0.25, -0.2) is 21.9 Å². The van der Waals surface area contributed by atoms with E-state index < -0.39 is 23.1 Å². The molecule has 0 aliphatic rings. The van der Waals surface area contributed by atoms with Gasteiger partial charge in [0.1, 0.15) is 6.61 Å². The number of nitrogens with two attached hydrogens (primary N) is 1. The molecule has 0 fully saturated rings. The van der Waals surface area contributed by atoms with Crippen molar-refractivity contribution in [1.29, 1.82) is 0 Å². The Kier molecular flexibility index (Phi) is 6.13. The van der Waals surface area contributed by atoms with Crippen LogP contribution in [0.3, 0.4) is 0 Å². The summed E-state index contributed by atoms with van der Waals surface area (Å²) < 4.78 is 53.6. The van der Waals surface area contributed by atoms with Crippen molar-refractivity contribution >= 4 is 15.7 Å². The molecule has 1 aromatic rings. The Labute approximate surface area is 110 Å². The molecule has 0 heterocycles. The quantitative estimate of drug-likeness (QED) is 0.553. The summed E-state index contributed by atoms with van der Waals surface area (Å²) in [4.78, 5) is 0. The average molecular weight is 294 g/mol. The highest BCUT2D eigenvalue weighted by molar-refractivity contribution is 7.88. The first kappa shape index (κ1) is 15.8. The van der Waals surface area contributed by atoms with Gasteiger partial charge in [-0.1, -0.05) is 12.1 Å². The Morgan fingerprint density at radius 2 is 1.89 bits per heavy atom. The highest BCUT2D eigenvalue weighted by Crippen LogP contribution is 2.08. The molecule has 0 aliphatic carbocycles. The van der Waals surface area contributed by atoms with Crippen LogP contribution in [-0.2, 0) is 20.5 Å². The van der Waals surface area contributed by atoms with Gasteiger partial charge in [0.05, 0.1) is 12.4 Å². The van der Waals surface area contributed by atoms with Crippen molar-refractivity contribution in [2.24, 2.45) is 0 Å². The van der Waals surface area contributed by atoms with E-state index in [1.165, 1.54) is 0 Å². The fraction of sp³-hybridized carbons (Fsp3) is 0.455. The second kappa shape index (κ2) is 7.37. The number of sulfonamides is 1. The van der Waals surface area contributed by atoms with Crippen LogP contribution in [0.25, 0.3) is 0 Å². The van der Waals surface area contributed by atoms with Gasteiger partial charge in [-0.3, -0.25) is 0 Å². The molecule has 0 bridgehead atoms. The standard InChI is InChI=1S/C11H16F2N2O3S/c12-11(13)7-18-6-5-15-19(16,17)8-9-1-3-10(14)4-2-9/h1-4,11,15H,5-8,14H2. The minimum absolute atomic E-state index is 0.0377. The molecule has 19 heavy (non-hydrogen) atoms. The maximum Gasteiger partial charge on any atom is 0.261 e. The predicted octanol–water partition coefficient (Wildman–Crippen LogP) is 0.970. The summed E-state index contributed by atoms with van der Waals surface area (Å²) in [6.45, 7) is -0.824. The topological polar surface area (TPSA) is 81.4 Å². The van der Waals surface area contributed by atoms with Crippen molar-refractivity contribution in [2.75, 3.05) is 25.5 Å². The van der Waals surface area contributed by atoms with Gasteiger partial charge < -0.3 is 10.5 Å². The van der Waals surface area contributed by atoms with Crippen LogP contribution in [0.4, 0.5) is 14.5 Å². The minimum atomic E-state index is -3.51. The molecular formula is C11H16F2N2O3S. The minimum Gasteiger partial charge on any atom is -0.399 e. The third kappa shape index (κ3) is 7.04. The number of nitrogen functional groups attached to an aromatic ring is 1. The largest absolute Gasteiger partial charge is 0.399 e. The summed E-state index contributed by atoms with van der Waals surface area (Å²) in [5, 5.41) is 0. The number of halogens is 2. The van der Waals surface area contributed by atoms with Gasteiger partial charge >= 0.3 is 0 Å². The average Bonchev–Trinajstić information content (AvgIpc) is 2.31. The number of ether oxygens (including phenoxy) is 1. The second-order valence-corrected chi connectivity index (χ2v) is 5.67. The lowest BCUT2D eigenvalue weighted by Gasteiger charge is -2.07. The Morgan fingerprint density at radius 3 is 2.47 bits per heavy atom. The Morgan fingerprint density at radius 1 is 1.26 bits per heavy atom. The van der Waals surface area contributed by atoms with E-state index in [1.807, 2.05) is 0 Å². The maximum absolute atomic E-state index is 11.7. The van der Waals surface area contributed by atoms with Crippen molar-refractivity contribution < 1.29 is 21.9 Å². The SMILES string of the molecule is Nc1ccc(CS(=O)(=O)NCCOCC(F)F)cc1. The first-order valence-electron chi connectivity index (χ1n) is 5.57. The lowest BCUT2D eigenvalue weighted by atomic mass is 10.2. The van der Waals surface area contributed by atoms with Crippen molar-refractivity contribution in [2.45, 2.75) is 12.2 Å². The van der Waals surface area contributed by atoms with E-state index in [4.69, 9.17) is 5.73 Å². The fourth-order valence-corrected chi connectivity index (χ4v) is 2.45. The second-order valence-electron chi connectivity index (χ2n) is 3.86. The molecule has 5 nitrogen and oxygen atoms in total. The number of hydrogen-bond acceptors (Lipinski definition) is 4. The van der Waals surface area contributed by atoms with Crippen molar-refractivity contribution in [3.8, 4) is 0 Å². The summed E-state index contributed by atoms with van der Waals surface area (Å²) >= 11 is 0. The first-order chi connectivity index (χ1) is 8.89. The summed E-state index contributed by atoms with van der Waals surface area (Å²) in [5.41, 5.74) is 6.63. The van der Waals surface area contributed by atoms with Crippen LogP contribution in [0.5, 0.6) is 0 Å². The van der Waals surface area contributed by atoms with Gasteiger partial charge in [0.25, 0.3) is 6.43 Å². The van der Waals surface area contributed by atoms with Crippen LogP contribution in [0.1, 0.15) is 5.56 Å².